The first-order valence-electron chi connectivity index (χ1n) is 18.5. The number of carbonyl (C=O) groups is 3. The van der Waals surface area contributed by atoms with Crippen LogP contribution in [0.15, 0.2) is 23.8 Å². The minimum atomic E-state index is -1.60. The molecule has 0 spiro atoms. The van der Waals surface area contributed by atoms with Crippen LogP contribution < -0.4 is 0 Å². The number of ether oxygens (including phenoxy) is 1. The van der Waals surface area contributed by atoms with Crippen LogP contribution in [0.2, 0.25) is 0 Å². The second-order valence-corrected chi connectivity index (χ2v) is 15.4. The SMILES string of the molecule is CCCCCCCC/C=C/CCCCCCCC(=O)OCC(=O)[C@@]1(O)CC[C@H]2[C@@H]3CCC4=CC(=O)CC[C@]4(C)[C@H]3[C@@H](O)C[C@@]21C. The van der Waals surface area contributed by atoms with E-state index in [-0.39, 0.29) is 34.9 Å². The fraction of sp³-hybridized carbons (Fsp3) is 0.821. The molecule has 3 fully saturated rings. The van der Waals surface area contributed by atoms with E-state index in [9.17, 15) is 24.6 Å². The molecule has 6 nitrogen and oxygen atoms in total. The van der Waals surface area contributed by atoms with Crippen molar-refractivity contribution in [2.75, 3.05) is 6.61 Å². The van der Waals surface area contributed by atoms with Crippen molar-refractivity contribution in [1.29, 1.82) is 0 Å². The number of aliphatic hydroxyl groups is 2. The summed E-state index contributed by atoms with van der Waals surface area (Å²) in [5.74, 6) is -0.280. The van der Waals surface area contributed by atoms with Crippen LogP contribution in [0.4, 0.5) is 0 Å². The predicted octanol–water partition coefficient (Wildman–Crippen LogP) is 8.37. The third-order valence-corrected chi connectivity index (χ3v) is 12.5. The molecule has 2 N–H and O–H groups in total. The number of fused-ring (bicyclic) bond motifs is 5. The van der Waals surface area contributed by atoms with Gasteiger partial charge in [-0.1, -0.05) is 89.9 Å². The van der Waals surface area contributed by atoms with E-state index in [4.69, 9.17) is 4.74 Å². The van der Waals surface area contributed by atoms with Crippen molar-refractivity contribution in [3.63, 3.8) is 0 Å². The minimum Gasteiger partial charge on any atom is -0.458 e. The van der Waals surface area contributed by atoms with E-state index in [2.05, 4.69) is 26.0 Å². The fourth-order valence-electron chi connectivity index (χ4n) is 9.83. The van der Waals surface area contributed by atoms with Gasteiger partial charge in [0.15, 0.2) is 12.4 Å². The summed E-state index contributed by atoms with van der Waals surface area (Å²) in [5.41, 5.74) is -1.40. The van der Waals surface area contributed by atoms with E-state index in [1.165, 1.54) is 56.9 Å². The molecule has 4 aliphatic rings. The second-order valence-electron chi connectivity index (χ2n) is 15.4. The Morgan fingerprint density at radius 2 is 1.56 bits per heavy atom. The molecule has 0 aromatic heterocycles. The summed E-state index contributed by atoms with van der Waals surface area (Å²) in [5, 5.41) is 23.4. The molecule has 45 heavy (non-hydrogen) atoms. The van der Waals surface area contributed by atoms with Gasteiger partial charge in [-0.2, -0.15) is 0 Å². The number of carbonyl (C=O) groups excluding carboxylic acids is 3. The van der Waals surface area contributed by atoms with Gasteiger partial charge in [-0.3, -0.25) is 14.4 Å². The van der Waals surface area contributed by atoms with Crippen LogP contribution >= 0.6 is 0 Å². The maximum atomic E-state index is 13.5. The van der Waals surface area contributed by atoms with Crippen molar-refractivity contribution in [1.82, 2.24) is 0 Å². The summed E-state index contributed by atoms with van der Waals surface area (Å²) in [6.07, 6.45) is 26.0. The van der Waals surface area contributed by atoms with Gasteiger partial charge in [0, 0.05) is 18.3 Å². The number of hydrogen-bond acceptors (Lipinski definition) is 6. The molecule has 0 aromatic carbocycles. The summed E-state index contributed by atoms with van der Waals surface area (Å²) >= 11 is 0. The van der Waals surface area contributed by atoms with Gasteiger partial charge >= 0.3 is 5.97 Å². The molecule has 0 aliphatic heterocycles. The largest absolute Gasteiger partial charge is 0.458 e. The summed E-state index contributed by atoms with van der Waals surface area (Å²) in [6, 6.07) is 0. The summed E-state index contributed by atoms with van der Waals surface area (Å²) < 4.78 is 5.40. The smallest absolute Gasteiger partial charge is 0.306 e. The lowest BCUT2D eigenvalue weighted by molar-refractivity contribution is -0.184. The van der Waals surface area contributed by atoms with Crippen LogP contribution in [0, 0.1) is 28.6 Å². The molecule has 0 radical (unpaired) electrons. The van der Waals surface area contributed by atoms with Crippen molar-refractivity contribution in [2.45, 2.75) is 167 Å². The number of ketones is 2. The Morgan fingerprint density at radius 1 is 0.911 bits per heavy atom. The molecule has 0 amide bonds. The van der Waals surface area contributed by atoms with Gasteiger partial charge in [0.25, 0.3) is 0 Å². The number of rotatable bonds is 18. The summed E-state index contributed by atoms with van der Waals surface area (Å²) in [7, 11) is 0. The zero-order valence-corrected chi connectivity index (χ0v) is 28.6. The fourth-order valence-corrected chi connectivity index (χ4v) is 9.83. The molecule has 7 atom stereocenters. The number of hydrogen-bond donors (Lipinski definition) is 2. The van der Waals surface area contributed by atoms with Gasteiger partial charge in [-0.25, -0.2) is 0 Å². The Balaban J connectivity index is 1.14. The normalized spacial score (nSPS) is 34.2. The standard InChI is InChI=1S/C39H62O6/c1-4-5-6-7-8-9-10-11-12-13-14-15-16-17-18-19-35(43)45-28-34(42)39(44)25-23-32-31-21-20-29-26-30(40)22-24-37(29,2)36(31)33(41)27-38(32,39)3/h11-12,26,31-33,36,41,44H,4-10,13-25,27-28H2,1-3H3/b12-11+/t31-,32-,33-,36+,37-,38-,39-/m0/s1. The Kier molecular flexibility index (Phi) is 13.1. The van der Waals surface area contributed by atoms with Crippen molar-refractivity contribution >= 4 is 17.5 Å². The molecule has 0 bridgehead atoms. The third kappa shape index (κ3) is 8.20. The number of esters is 1. The first-order chi connectivity index (χ1) is 21.6. The molecule has 0 aromatic rings. The van der Waals surface area contributed by atoms with Gasteiger partial charge in [0.05, 0.1) is 6.10 Å². The van der Waals surface area contributed by atoms with E-state index in [1.807, 2.05) is 13.0 Å². The van der Waals surface area contributed by atoms with Gasteiger partial charge in [-0.15, -0.1) is 0 Å². The zero-order chi connectivity index (χ0) is 32.5. The third-order valence-electron chi connectivity index (χ3n) is 12.5. The molecule has 254 valence electrons. The monoisotopic (exact) mass is 626 g/mol. The quantitative estimate of drug-likeness (QED) is 0.0901. The highest BCUT2D eigenvalue weighted by Crippen LogP contribution is 2.67. The van der Waals surface area contributed by atoms with Crippen LogP contribution in [0.5, 0.6) is 0 Å². The second kappa shape index (κ2) is 16.4. The Hall–Kier alpha value is -1.79. The van der Waals surface area contributed by atoms with Crippen LogP contribution in [0.1, 0.15) is 156 Å². The minimum absolute atomic E-state index is 0.0327. The van der Waals surface area contributed by atoms with Crippen molar-refractivity contribution in [3.8, 4) is 0 Å². The highest BCUT2D eigenvalue weighted by Gasteiger charge is 2.68. The lowest BCUT2D eigenvalue weighted by Crippen LogP contribution is -2.62. The van der Waals surface area contributed by atoms with Gasteiger partial charge in [0.1, 0.15) is 5.60 Å². The van der Waals surface area contributed by atoms with Gasteiger partial charge in [0.2, 0.25) is 5.78 Å². The van der Waals surface area contributed by atoms with E-state index >= 15 is 0 Å². The maximum Gasteiger partial charge on any atom is 0.306 e. The molecular weight excluding hydrogens is 564 g/mol. The lowest BCUT2D eigenvalue weighted by atomic mass is 9.45. The van der Waals surface area contributed by atoms with Crippen molar-refractivity contribution in [2.24, 2.45) is 28.6 Å². The highest BCUT2D eigenvalue weighted by atomic mass is 16.5. The number of unbranched alkanes of at least 4 members (excludes halogenated alkanes) is 11. The number of allylic oxidation sites excluding steroid dienone is 3. The molecule has 0 unspecified atom stereocenters. The average molecular weight is 627 g/mol. The average Bonchev–Trinajstić information content (AvgIpc) is 3.28. The molecule has 3 saturated carbocycles. The summed E-state index contributed by atoms with van der Waals surface area (Å²) in [4.78, 5) is 38.1. The predicted molar refractivity (Wildman–Crippen MR) is 178 cm³/mol. The van der Waals surface area contributed by atoms with E-state index < -0.39 is 29.5 Å². The van der Waals surface area contributed by atoms with E-state index in [1.54, 1.807) is 0 Å². The zero-order valence-electron chi connectivity index (χ0n) is 28.6. The molecule has 0 saturated heterocycles. The van der Waals surface area contributed by atoms with Crippen molar-refractivity contribution in [3.05, 3.63) is 23.8 Å². The molecule has 6 heteroatoms. The summed E-state index contributed by atoms with van der Waals surface area (Å²) in [6.45, 7) is 6.02. The van der Waals surface area contributed by atoms with Crippen LogP contribution in [-0.2, 0) is 19.1 Å². The maximum absolute atomic E-state index is 13.5. The Labute approximate surface area is 272 Å². The number of aliphatic hydroxyl groups excluding tert-OH is 1. The molecule has 4 aliphatic carbocycles. The number of Topliss-reactive ketones (excluding diaryl/α,β-unsaturated/α-hetero) is 1. The lowest BCUT2D eigenvalue weighted by Gasteiger charge is -2.60. The van der Waals surface area contributed by atoms with E-state index in [0.29, 0.717) is 25.7 Å². The first-order valence-corrected chi connectivity index (χ1v) is 18.5. The highest BCUT2D eigenvalue weighted by molar-refractivity contribution is 5.92. The topological polar surface area (TPSA) is 101 Å². The van der Waals surface area contributed by atoms with E-state index in [0.717, 1.165) is 57.8 Å². The Bertz CT molecular complexity index is 1080. The first kappa shape index (κ1) is 36.1. The van der Waals surface area contributed by atoms with Crippen LogP contribution in [-0.4, -0.2) is 46.1 Å². The van der Waals surface area contributed by atoms with Gasteiger partial charge < -0.3 is 14.9 Å². The van der Waals surface area contributed by atoms with Gasteiger partial charge in [-0.05, 0) is 99.9 Å². The van der Waals surface area contributed by atoms with Crippen molar-refractivity contribution < 1.29 is 29.3 Å². The molecular formula is C39H62O6. The molecule has 0 heterocycles. The van der Waals surface area contributed by atoms with Crippen LogP contribution in [0.25, 0.3) is 0 Å². The molecule has 4 rings (SSSR count). The Morgan fingerprint density at radius 3 is 2.24 bits per heavy atom. The van der Waals surface area contributed by atoms with Crippen LogP contribution in [0.3, 0.4) is 0 Å².